The van der Waals surface area contributed by atoms with Crippen molar-refractivity contribution in [3.05, 3.63) is 11.6 Å². The SMILES string of the molecule is C=C(SCC)N(C)C. The van der Waals surface area contributed by atoms with E-state index in [1.807, 2.05) is 19.0 Å². The molecule has 0 unspecified atom stereocenters. The first kappa shape index (κ1) is 7.89. The molecule has 0 spiro atoms. The zero-order valence-electron chi connectivity index (χ0n) is 5.77. The predicted molar refractivity (Wildman–Crippen MR) is 41.0 cm³/mol. The molecule has 8 heavy (non-hydrogen) atoms. The van der Waals surface area contributed by atoms with Crippen LogP contribution in [0.3, 0.4) is 0 Å². The highest BCUT2D eigenvalue weighted by molar-refractivity contribution is 8.02. The summed E-state index contributed by atoms with van der Waals surface area (Å²) < 4.78 is 0. The third-order valence-corrected chi connectivity index (χ3v) is 1.80. The highest BCUT2D eigenvalue weighted by Crippen LogP contribution is 2.13. The molecule has 2 heteroatoms. The highest BCUT2D eigenvalue weighted by Gasteiger charge is 1.91. The maximum Gasteiger partial charge on any atom is 0.0628 e. The van der Waals surface area contributed by atoms with E-state index in [1.165, 1.54) is 0 Å². The Bertz CT molecular complexity index is 78.6. The van der Waals surface area contributed by atoms with Gasteiger partial charge in [-0.25, -0.2) is 0 Å². The molecule has 0 aliphatic carbocycles. The minimum Gasteiger partial charge on any atom is -0.373 e. The fourth-order valence-corrected chi connectivity index (χ4v) is 0.887. The van der Waals surface area contributed by atoms with Gasteiger partial charge in [0, 0.05) is 14.1 Å². The molecule has 0 amide bonds. The molecule has 0 aromatic carbocycles. The molecular weight excluding hydrogens is 118 g/mol. The lowest BCUT2D eigenvalue weighted by atomic mass is 10.8. The van der Waals surface area contributed by atoms with Crippen LogP contribution in [-0.4, -0.2) is 24.7 Å². The molecule has 0 aliphatic heterocycles. The number of hydrogen-bond acceptors (Lipinski definition) is 2. The summed E-state index contributed by atoms with van der Waals surface area (Å²) in [5.74, 6) is 1.11. The number of thioether (sulfide) groups is 1. The highest BCUT2D eigenvalue weighted by atomic mass is 32.2. The molecule has 0 rings (SSSR count). The maximum absolute atomic E-state index is 3.83. The second-order valence-electron chi connectivity index (χ2n) is 1.72. The summed E-state index contributed by atoms with van der Waals surface area (Å²) in [6.07, 6.45) is 0. The van der Waals surface area contributed by atoms with Crippen molar-refractivity contribution in [3.8, 4) is 0 Å². The zero-order valence-corrected chi connectivity index (χ0v) is 6.59. The molecule has 0 saturated heterocycles. The van der Waals surface area contributed by atoms with Crippen LogP contribution in [-0.2, 0) is 0 Å². The van der Waals surface area contributed by atoms with Crippen molar-refractivity contribution in [3.63, 3.8) is 0 Å². The lowest BCUT2D eigenvalue weighted by Crippen LogP contribution is -2.06. The van der Waals surface area contributed by atoms with Crippen molar-refractivity contribution in [2.24, 2.45) is 0 Å². The average molecular weight is 131 g/mol. The molecule has 0 heterocycles. The lowest BCUT2D eigenvalue weighted by molar-refractivity contribution is 0.552. The van der Waals surface area contributed by atoms with Gasteiger partial charge in [-0.3, -0.25) is 0 Å². The van der Waals surface area contributed by atoms with E-state index in [1.54, 1.807) is 11.8 Å². The molecule has 0 saturated carbocycles. The summed E-state index contributed by atoms with van der Waals surface area (Å²) in [6.45, 7) is 5.96. The van der Waals surface area contributed by atoms with Gasteiger partial charge in [0.2, 0.25) is 0 Å². The summed E-state index contributed by atoms with van der Waals surface area (Å²) in [6, 6.07) is 0. The van der Waals surface area contributed by atoms with E-state index in [9.17, 15) is 0 Å². The van der Waals surface area contributed by atoms with Crippen LogP contribution in [0.5, 0.6) is 0 Å². The minimum atomic E-state index is 1.11. The van der Waals surface area contributed by atoms with Gasteiger partial charge < -0.3 is 4.90 Å². The smallest absolute Gasteiger partial charge is 0.0628 e. The number of nitrogens with zero attached hydrogens (tertiary/aromatic N) is 1. The van der Waals surface area contributed by atoms with E-state index in [0.29, 0.717) is 0 Å². The second kappa shape index (κ2) is 3.84. The summed E-state index contributed by atoms with van der Waals surface area (Å²) in [4.78, 5) is 2.02. The zero-order chi connectivity index (χ0) is 6.57. The number of rotatable bonds is 3. The van der Waals surface area contributed by atoms with E-state index in [-0.39, 0.29) is 0 Å². The Balaban J connectivity index is 3.33. The number of hydrogen-bond donors (Lipinski definition) is 0. The summed E-state index contributed by atoms with van der Waals surface area (Å²) in [5, 5.41) is 1.13. The first-order valence-corrected chi connectivity index (χ1v) is 3.66. The van der Waals surface area contributed by atoms with Crippen molar-refractivity contribution in [2.75, 3.05) is 19.8 Å². The summed E-state index contributed by atoms with van der Waals surface area (Å²) in [7, 11) is 4.01. The van der Waals surface area contributed by atoms with Gasteiger partial charge in [0.05, 0.1) is 5.03 Å². The Hall–Kier alpha value is -0.110. The topological polar surface area (TPSA) is 3.24 Å². The van der Waals surface area contributed by atoms with Crippen molar-refractivity contribution < 1.29 is 0 Å². The van der Waals surface area contributed by atoms with Crippen LogP contribution in [0.1, 0.15) is 6.92 Å². The van der Waals surface area contributed by atoms with Crippen LogP contribution < -0.4 is 0 Å². The maximum atomic E-state index is 3.83. The summed E-state index contributed by atoms with van der Waals surface area (Å²) >= 11 is 1.77. The predicted octanol–water partition coefficient (Wildman–Crippen LogP) is 1.77. The Morgan fingerprint density at radius 1 is 1.62 bits per heavy atom. The van der Waals surface area contributed by atoms with Gasteiger partial charge >= 0.3 is 0 Å². The first-order valence-electron chi connectivity index (χ1n) is 2.67. The van der Waals surface area contributed by atoms with Crippen LogP contribution in [0.4, 0.5) is 0 Å². The second-order valence-corrected chi connectivity index (χ2v) is 3.06. The Morgan fingerprint density at radius 3 is 2.25 bits per heavy atom. The molecule has 0 bridgehead atoms. The fourth-order valence-electron chi connectivity index (χ4n) is 0.296. The monoisotopic (exact) mass is 131 g/mol. The summed E-state index contributed by atoms with van der Waals surface area (Å²) in [5.41, 5.74) is 0. The van der Waals surface area contributed by atoms with Crippen molar-refractivity contribution in [2.45, 2.75) is 6.92 Å². The standard InChI is InChI=1S/C6H13NS/c1-5-8-6(2)7(3)4/h2,5H2,1,3-4H3. The minimum absolute atomic E-state index is 1.11. The van der Waals surface area contributed by atoms with E-state index < -0.39 is 0 Å². The molecule has 1 nitrogen and oxygen atoms in total. The molecule has 0 aliphatic rings. The Labute approximate surface area is 55.8 Å². The van der Waals surface area contributed by atoms with E-state index in [2.05, 4.69) is 13.5 Å². The third-order valence-electron chi connectivity index (χ3n) is 0.810. The lowest BCUT2D eigenvalue weighted by Gasteiger charge is -2.12. The van der Waals surface area contributed by atoms with E-state index in [4.69, 9.17) is 0 Å². The fraction of sp³-hybridized carbons (Fsp3) is 0.667. The van der Waals surface area contributed by atoms with Crippen LogP contribution in [0.25, 0.3) is 0 Å². The van der Waals surface area contributed by atoms with Crippen LogP contribution in [0.15, 0.2) is 11.6 Å². The van der Waals surface area contributed by atoms with Crippen molar-refractivity contribution in [1.82, 2.24) is 4.90 Å². The largest absolute Gasteiger partial charge is 0.373 e. The first-order chi connectivity index (χ1) is 3.68. The third kappa shape index (κ3) is 2.97. The van der Waals surface area contributed by atoms with Crippen LogP contribution >= 0.6 is 11.8 Å². The van der Waals surface area contributed by atoms with Gasteiger partial charge in [-0.05, 0) is 5.75 Å². The van der Waals surface area contributed by atoms with Gasteiger partial charge in [-0.1, -0.05) is 13.5 Å². The molecule has 0 fully saturated rings. The normalized spacial score (nSPS) is 8.88. The molecule has 0 aromatic rings. The van der Waals surface area contributed by atoms with Crippen LogP contribution in [0.2, 0.25) is 0 Å². The van der Waals surface area contributed by atoms with E-state index in [0.717, 1.165) is 10.8 Å². The van der Waals surface area contributed by atoms with Gasteiger partial charge in [0.1, 0.15) is 0 Å². The van der Waals surface area contributed by atoms with Gasteiger partial charge in [0.25, 0.3) is 0 Å². The van der Waals surface area contributed by atoms with Gasteiger partial charge in [-0.2, -0.15) is 0 Å². The van der Waals surface area contributed by atoms with E-state index >= 15 is 0 Å². The average Bonchev–Trinajstić information content (AvgIpc) is 1.67. The van der Waals surface area contributed by atoms with Gasteiger partial charge in [-0.15, -0.1) is 11.8 Å². The molecule has 0 atom stereocenters. The molecule has 48 valence electrons. The molecular formula is C6H13NS. The molecule has 0 N–H and O–H groups in total. The Kier molecular flexibility index (Phi) is 3.79. The van der Waals surface area contributed by atoms with Crippen LogP contribution in [0, 0.1) is 0 Å². The molecule has 0 radical (unpaired) electrons. The van der Waals surface area contributed by atoms with Crippen molar-refractivity contribution in [1.29, 1.82) is 0 Å². The quantitative estimate of drug-likeness (QED) is 0.574. The Morgan fingerprint density at radius 2 is 2.12 bits per heavy atom. The van der Waals surface area contributed by atoms with Gasteiger partial charge in [0.15, 0.2) is 0 Å². The van der Waals surface area contributed by atoms with Crippen molar-refractivity contribution >= 4 is 11.8 Å². The molecule has 0 aromatic heterocycles.